The maximum atomic E-state index is 12.1. The molecule has 0 bridgehead atoms. The van der Waals surface area contributed by atoms with Crippen LogP contribution in [0.3, 0.4) is 0 Å². The van der Waals surface area contributed by atoms with E-state index in [9.17, 15) is 8.42 Å². The minimum Gasteiger partial charge on any atom is -1.00 e. The summed E-state index contributed by atoms with van der Waals surface area (Å²) in [5.74, 6) is 0. The molecule has 0 aliphatic rings. The van der Waals surface area contributed by atoms with Gasteiger partial charge in [0.15, 0.2) is 0 Å². The van der Waals surface area contributed by atoms with Gasteiger partial charge >= 0.3 is 0 Å². The van der Waals surface area contributed by atoms with Crippen molar-refractivity contribution in [1.29, 1.82) is 0 Å². The van der Waals surface area contributed by atoms with E-state index < -0.39 is 10.0 Å². The van der Waals surface area contributed by atoms with Crippen LogP contribution in [0.2, 0.25) is 0 Å². The monoisotopic (exact) mass is 392 g/mol. The van der Waals surface area contributed by atoms with E-state index in [1.54, 1.807) is 36.4 Å². The summed E-state index contributed by atoms with van der Waals surface area (Å²) in [5, 5.41) is 0. The largest absolute Gasteiger partial charge is 1.00 e. The van der Waals surface area contributed by atoms with Gasteiger partial charge in [0.05, 0.1) is 4.90 Å². The summed E-state index contributed by atoms with van der Waals surface area (Å²) in [6, 6.07) is 14.0. The standard InChI is InChI=1S/C13H12INO2S.FH/c1-10-2-8-13(9-3-10)18(16,17)15-12-6-4-11(14)5-7-12;/h2-9,15H,1H3;1H/p-1. The first-order valence-electron chi connectivity index (χ1n) is 5.32. The molecular weight excluding hydrogens is 380 g/mol. The van der Waals surface area contributed by atoms with Crippen molar-refractivity contribution in [3.05, 3.63) is 57.7 Å². The molecule has 0 aromatic heterocycles. The molecule has 0 aliphatic carbocycles. The fourth-order valence-corrected chi connectivity index (χ4v) is 2.87. The van der Waals surface area contributed by atoms with Gasteiger partial charge in [0.1, 0.15) is 0 Å². The van der Waals surface area contributed by atoms with E-state index in [1.165, 1.54) is 0 Å². The van der Waals surface area contributed by atoms with E-state index in [4.69, 9.17) is 0 Å². The highest BCUT2D eigenvalue weighted by Crippen LogP contribution is 2.17. The molecule has 1 N–H and O–H groups in total. The first-order chi connectivity index (χ1) is 8.47. The smallest absolute Gasteiger partial charge is 0.261 e. The molecule has 0 atom stereocenters. The number of sulfonamides is 1. The van der Waals surface area contributed by atoms with Gasteiger partial charge in [-0.2, -0.15) is 0 Å². The molecule has 0 fully saturated rings. The number of halogens is 2. The molecular formula is C13H12FINO2S-. The fourth-order valence-electron chi connectivity index (χ4n) is 1.45. The average Bonchev–Trinajstić information content (AvgIpc) is 2.32. The number of aryl methyl sites for hydroxylation is 1. The second-order valence-corrected chi connectivity index (χ2v) is 6.85. The Balaban J connectivity index is 0.00000180. The summed E-state index contributed by atoms with van der Waals surface area (Å²) in [5.41, 5.74) is 1.60. The highest BCUT2D eigenvalue weighted by atomic mass is 127. The Bertz CT molecular complexity index is 639. The van der Waals surface area contributed by atoms with E-state index >= 15 is 0 Å². The van der Waals surface area contributed by atoms with Crippen molar-refractivity contribution >= 4 is 38.3 Å². The molecule has 0 unspecified atom stereocenters. The minimum absolute atomic E-state index is 0. The van der Waals surface area contributed by atoms with Gasteiger partial charge in [-0.3, -0.25) is 4.72 Å². The number of hydrogen-bond donors (Lipinski definition) is 1. The maximum absolute atomic E-state index is 12.1. The average molecular weight is 392 g/mol. The summed E-state index contributed by atoms with van der Waals surface area (Å²) in [6.07, 6.45) is 0. The van der Waals surface area contributed by atoms with Crippen LogP contribution in [0.5, 0.6) is 0 Å². The number of benzene rings is 2. The lowest BCUT2D eigenvalue weighted by atomic mass is 10.2. The quantitative estimate of drug-likeness (QED) is 0.770. The van der Waals surface area contributed by atoms with Crippen molar-refractivity contribution in [2.75, 3.05) is 4.72 Å². The van der Waals surface area contributed by atoms with Crippen LogP contribution in [0.25, 0.3) is 0 Å². The molecule has 0 amide bonds. The third-order valence-corrected chi connectivity index (χ3v) is 4.54. The van der Waals surface area contributed by atoms with Gasteiger partial charge in [0, 0.05) is 9.26 Å². The third kappa shape index (κ3) is 4.17. The molecule has 3 nitrogen and oxygen atoms in total. The van der Waals surface area contributed by atoms with Gasteiger partial charge in [-0.05, 0) is 65.9 Å². The maximum Gasteiger partial charge on any atom is 0.261 e. The molecule has 2 rings (SSSR count). The Morgan fingerprint density at radius 3 is 2.00 bits per heavy atom. The predicted molar refractivity (Wildman–Crippen MR) is 81.1 cm³/mol. The molecule has 102 valence electrons. The van der Waals surface area contributed by atoms with Crippen LogP contribution in [-0.4, -0.2) is 8.42 Å². The number of rotatable bonds is 3. The second kappa shape index (κ2) is 6.33. The lowest BCUT2D eigenvalue weighted by Crippen LogP contribution is -3.00. The van der Waals surface area contributed by atoms with Crippen LogP contribution in [0, 0.1) is 10.5 Å². The van der Waals surface area contributed by atoms with Crippen molar-refractivity contribution in [3.8, 4) is 0 Å². The molecule has 6 heteroatoms. The van der Waals surface area contributed by atoms with Crippen molar-refractivity contribution in [2.45, 2.75) is 11.8 Å². The number of hydrogen-bond acceptors (Lipinski definition) is 2. The molecule has 0 spiro atoms. The summed E-state index contributed by atoms with van der Waals surface area (Å²) in [7, 11) is -3.50. The third-order valence-electron chi connectivity index (χ3n) is 2.43. The Hall–Kier alpha value is -1.15. The van der Waals surface area contributed by atoms with Crippen LogP contribution >= 0.6 is 22.6 Å². The number of nitrogens with one attached hydrogen (secondary N) is 1. The summed E-state index contributed by atoms with van der Waals surface area (Å²) in [6.45, 7) is 1.92. The molecule has 0 aliphatic heterocycles. The zero-order valence-corrected chi connectivity index (χ0v) is 13.1. The first-order valence-corrected chi connectivity index (χ1v) is 7.89. The van der Waals surface area contributed by atoms with Crippen LogP contribution in [0.1, 0.15) is 5.56 Å². The number of anilines is 1. The van der Waals surface area contributed by atoms with Crippen molar-refractivity contribution in [3.63, 3.8) is 0 Å². The van der Waals surface area contributed by atoms with Gasteiger partial charge < -0.3 is 4.70 Å². The van der Waals surface area contributed by atoms with E-state index in [2.05, 4.69) is 27.3 Å². The SMILES string of the molecule is Cc1ccc(S(=O)(=O)Nc2ccc(I)cc2)cc1.[F-]. The van der Waals surface area contributed by atoms with Crippen LogP contribution in [0.15, 0.2) is 53.4 Å². The molecule has 0 saturated heterocycles. The molecule has 2 aromatic rings. The highest BCUT2D eigenvalue weighted by Gasteiger charge is 2.13. The fraction of sp³-hybridized carbons (Fsp3) is 0.0769. The lowest BCUT2D eigenvalue weighted by molar-refractivity contribution is -0.00000595. The normalized spacial score (nSPS) is 10.6. The Kier molecular flexibility index (Phi) is 5.30. The molecule has 0 heterocycles. The summed E-state index contributed by atoms with van der Waals surface area (Å²) in [4.78, 5) is 0.270. The second-order valence-electron chi connectivity index (χ2n) is 3.93. The molecule has 19 heavy (non-hydrogen) atoms. The lowest BCUT2D eigenvalue weighted by Gasteiger charge is -2.08. The van der Waals surface area contributed by atoms with Gasteiger partial charge in [-0.25, -0.2) is 8.42 Å². The van der Waals surface area contributed by atoms with E-state index in [0.717, 1.165) is 9.13 Å². The zero-order chi connectivity index (χ0) is 13.2. The first kappa shape index (κ1) is 15.9. The van der Waals surface area contributed by atoms with Gasteiger partial charge in [-0.1, -0.05) is 17.7 Å². The van der Waals surface area contributed by atoms with E-state index in [1.807, 2.05) is 19.1 Å². The van der Waals surface area contributed by atoms with Gasteiger partial charge in [0.2, 0.25) is 0 Å². The topological polar surface area (TPSA) is 46.2 Å². The van der Waals surface area contributed by atoms with Crippen molar-refractivity contribution in [1.82, 2.24) is 0 Å². The van der Waals surface area contributed by atoms with E-state index in [-0.39, 0.29) is 9.60 Å². The summed E-state index contributed by atoms with van der Waals surface area (Å²) >= 11 is 2.17. The molecule has 0 saturated carbocycles. The highest BCUT2D eigenvalue weighted by molar-refractivity contribution is 14.1. The Morgan fingerprint density at radius 2 is 1.47 bits per heavy atom. The molecule has 0 radical (unpaired) electrons. The van der Waals surface area contributed by atoms with Crippen LogP contribution < -0.4 is 9.43 Å². The van der Waals surface area contributed by atoms with E-state index in [0.29, 0.717) is 5.69 Å². The summed E-state index contributed by atoms with van der Waals surface area (Å²) < 4.78 is 27.8. The van der Waals surface area contributed by atoms with Crippen molar-refractivity contribution < 1.29 is 13.1 Å². The zero-order valence-electron chi connectivity index (χ0n) is 10.1. The minimum atomic E-state index is -3.50. The van der Waals surface area contributed by atoms with Gasteiger partial charge in [0.25, 0.3) is 10.0 Å². The Labute approximate surface area is 125 Å². The Morgan fingerprint density at radius 1 is 0.947 bits per heavy atom. The van der Waals surface area contributed by atoms with Crippen molar-refractivity contribution in [2.24, 2.45) is 0 Å². The van der Waals surface area contributed by atoms with Gasteiger partial charge in [-0.15, -0.1) is 0 Å². The van der Waals surface area contributed by atoms with Crippen LogP contribution in [-0.2, 0) is 10.0 Å². The molecule has 2 aromatic carbocycles. The van der Waals surface area contributed by atoms with Crippen LogP contribution in [0.4, 0.5) is 5.69 Å². The predicted octanol–water partition coefficient (Wildman–Crippen LogP) is 0.404.